The zero-order valence-corrected chi connectivity index (χ0v) is 6.40. The number of amides is 2. The number of nitrogens with one attached hydrogen (secondary N) is 4. The van der Waals surface area contributed by atoms with Gasteiger partial charge in [-0.3, -0.25) is 16.3 Å². The topological polar surface area (TPSA) is 198 Å². The Morgan fingerprint density at radius 3 is 1.77 bits per heavy atom. The smallest absolute Gasteiger partial charge is 0.343 e. The minimum absolute atomic E-state index is 0.602. The SMILES string of the molecule is N=C(N)N[N+](=O)[O-].NNC(=O)NN. The largest absolute Gasteiger partial charge is 0.366 e. The number of nitrogens with zero attached hydrogens (tertiary/aromatic N) is 1. The predicted octanol–water partition coefficient (Wildman–Crippen LogP) is -3.31. The first-order valence-corrected chi connectivity index (χ1v) is 2.66. The minimum atomic E-state index is -0.900. The molecule has 0 fully saturated rings. The number of urea groups is 1. The molecule has 10 N–H and O–H groups in total. The van der Waals surface area contributed by atoms with Crippen LogP contribution < -0.4 is 33.7 Å². The highest BCUT2D eigenvalue weighted by Gasteiger charge is 1.91. The zero-order valence-electron chi connectivity index (χ0n) is 6.40. The van der Waals surface area contributed by atoms with Crippen LogP contribution in [0.1, 0.15) is 0 Å². The summed E-state index contributed by atoms with van der Waals surface area (Å²) in [6.07, 6.45) is 0. The maximum absolute atomic E-state index is 9.71. The fourth-order valence-corrected chi connectivity index (χ4v) is 0.140. The van der Waals surface area contributed by atoms with Crippen LogP contribution in [0.4, 0.5) is 4.79 Å². The lowest BCUT2D eigenvalue weighted by atomic mass is 11.1. The van der Waals surface area contributed by atoms with Gasteiger partial charge in [0.05, 0.1) is 0 Å². The third-order valence-electron chi connectivity index (χ3n) is 0.474. The second-order valence-electron chi connectivity index (χ2n) is 1.40. The number of nitrogens with two attached hydrogens (primary N) is 3. The molecule has 13 heavy (non-hydrogen) atoms. The standard InChI is InChI=1S/CH4N4O2.CH6N4O/c2-1(3)4-5(6)7;2-4-1(6)5-3/h(H4,2,3,4);2-3H2,(H2,4,5,6). The molecule has 0 aliphatic rings. The lowest BCUT2D eigenvalue weighted by Crippen LogP contribution is -2.43. The van der Waals surface area contributed by atoms with Gasteiger partial charge < -0.3 is 5.73 Å². The van der Waals surface area contributed by atoms with E-state index in [1.807, 2.05) is 0 Å². The fraction of sp³-hybridized carbons (Fsp3) is 0. The molecule has 0 aliphatic heterocycles. The molecular weight excluding hydrogens is 184 g/mol. The van der Waals surface area contributed by atoms with E-state index in [-0.39, 0.29) is 0 Å². The summed E-state index contributed by atoms with van der Waals surface area (Å²) in [5.41, 5.74) is 9.39. The van der Waals surface area contributed by atoms with Crippen molar-refractivity contribution in [2.75, 3.05) is 0 Å². The Morgan fingerprint density at radius 1 is 1.38 bits per heavy atom. The van der Waals surface area contributed by atoms with Gasteiger partial charge in [-0.15, -0.1) is 0 Å². The molecule has 0 radical (unpaired) electrons. The third kappa shape index (κ3) is 17.7. The maximum Gasteiger partial charge on any atom is 0.343 e. The quantitative estimate of drug-likeness (QED) is 0.0565. The van der Waals surface area contributed by atoms with Gasteiger partial charge in [-0.05, 0) is 0 Å². The number of guanidine groups is 1. The van der Waals surface area contributed by atoms with Gasteiger partial charge in [0, 0.05) is 0 Å². The Hall–Kier alpha value is -2.14. The van der Waals surface area contributed by atoms with Crippen LogP contribution in [0.25, 0.3) is 0 Å². The summed E-state index contributed by atoms with van der Waals surface area (Å²) >= 11 is 0. The highest BCUT2D eigenvalue weighted by atomic mass is 16.7. The van der Waals surface area contributed by atoms with Gasteiger partial charge in [-0.2, -0.15) is 0 Å². The average molecular weight is 194 g/mol. The van der Waals surface area contributed by atoms with E-state index >= 15 is 0 Å². The van der Waals surface area contributed by atoms with Crippen LogP contribution in [-0.4, -0.2) is 17.0 Å². The first-order valence-electron chi connectivity index (χ1n) is 2.66. The van der Waals surface area contributed by atoms with Gasteiger partial charge in [-0.1, -0.05) is 5.43 Å². The molecule has 11 heteroatoms. The zero-order chi connectivity index (χ0) is 10.9. The number of hydrogen-bond acceptors (Lipinski definition) is 6. The monoisotopic (exact) mass is 194 g/mol. The molecule has 0 aromatic rings. The summed E-state index contributed by atoms with van der Waals surface area (Å²) in [5.74, 6) is 8.42. The van der Waals surface area contributed by atoms with Crippen LogP contribution in [-0.2, 0) is 0 Å². The number of carbonyl (C=O) groups is 1. The van der Waals surface area contributed by atoms with Crippen LogP contribution in [0.5, 0.6) is 0 Å². The van der Waals surface area contributed by atoms with Crippen LogP contribution in [0, 0.1) is 15.5 Å². The molecule has 0 bridgehead atoms. The Labute approximate surface area is 72.2 Å². The molecule has 0 unspecified atom stereocenters. The minimum Gasteiger partial charge on any atom is -0.366 e. The van der Waals surface area contributed by atoms with Crippen molar-refractivity contribution in [2.45, 2.75) is 0 Å². The molecule has 0 heterocycles. The summed E-state index contributed by atoms with van der Waals surface area (Å²) in [6.45, 7) is 0. The van der Waals surface area contributed by atoms with Crippen molar-refractivity contribution < 1.29 is 9.83 Å². The number of hydrazine groups is 3. The van der Waals surface area contributed by atoms with Crippen molar-refractivity contribution in [3.8, 4) is 0 Å². The second-order valence-corrected chi connectivity index (χ2v) is 1.40. The average Bonchev–Trinajstić information content (AvgIpc) is 2.01. The van der Waals surface area contributed by atoms with E-state index in [0.29, 0.717) is 0 Å². The number of carbonyl (C=O) groups excluding carboxylic acids is 1. The Bertz CT molecular complexity index is 172. The van der Waals surface area contributed by atoms with Gasteiger partial charge in [0.25, 0.3) is 0 Å². The highest BCUT2D eigenvalue weighted by Crippen LogP contribution is 1.50. The van der Waals surface area contributed by atoms with E-state index in [9.17, 15) is 14.9 Å². The number of hydrogen-bond donors (Lipinski definition) is 7. The van der Waals surface area contributed by atoms with Crippen molar-refractivity contribution in [3.05, 3.63) is 10.1 Å². The van der Waals surface area contributed by atoms with E-state index in [4.69, 9.17) is 5.41 Å². The lowest BCUT2D eigenvalue weighted by Gasteiger charge is -1.90. The van der Waals surface area contributed by atoms with Crippen molar-refractivity contribution in [1.29, 1.82) is 5.41 Å². The van der Waals surface area contributed by atoms with Gasteiger partial charge in [0.2, 0.25) is 5.96 Å². The normalized spacial score (nSPS) is 7.23. The Kier molecular flexibility index (Phi) is 8.24. The molecule has 0 aromatic carbocycles. The summed E-state index contributed by atoms with van der Waals surface area (Å²) in [6, 6.07) is -0.602. The van der Waals surface area contributed by atoms with Crippen LogP contribution >= 0.6 is 0 Å². The van der Waals surface area contributed by atoms with E-state index in [0.717, 1.165) is 0 Å². The predicted molar refractivity (Wildman–Crippen MR) is 42.1 cm³/mol. The molecule has 0 aromatic heterocycles. The molecule has 0 atom stereocenters. The molecule has 0 aliphatic carbocycles. The van der Waals surface area contributed by atoms with Crippen molar-refractivity contribution >= 4 is 12.0 Å². The molecule has 0 rings (SSSR count). The van der Waals surface area contributed by atoms with E-state index in [1.54, 1.807) is 10.9 Å². The number of nitro groups is 1. The van der Waals surface area contributed by atoms with Crippen LogP contribution in [0.15, 0.2) is 0 Å². The molecule has 2 amide bonds. The molecule has 11 nitrogen and oxygen atoms in total. The molecular formula is C2H10N8O3. The third-order valence-corrected chi connectivity index (χ3v) is 0.474. The number of rotatable bonds is 1. The molecule has 0 spiro atoms. The van der Waals surface area contributed by atoms with Gasteiger partial charge in [0.1, 0.15) is 0 Å². The summed E-state index contributed by atoms with van der Waals surface area (Å²) < 4.78 is 0. The van der Waals surface area contributed by atoms with Crippen molar-refractivity contribution in [3.63, 3.8) is 0 Å². The summed E-state index contributed by atoms with van der Waals surface area (Å²) in [7, 11) is 0. The second kappa shape index (κ2) is 7.96. The maximum atomic E-state index is 9.71. The molecule has 0 saturated carbocycles. The van der Waals surface area contributed by atoms with Gasteiger partial charge >= 0.3 is 6.03 Å². The van der Waals surface area contributed by atoms with Gasteiger partial charge in [0.15, 0.2) is 5.03 Å². The fourth-order valence-electron chi connectivity index (χ4n) is 0.140. The summed E-state index contributed by atoms with van der Waals surface area (Å²) in [4.78, 5) is 19.0. The van der Waals surface area contributed by atoms with Gasteiger partial charge in [-0.25, -0.2) is 26.6 Å². The van der Waals surface area contributed by atoms with Crippen molar-refractivity contribution in [2.24, 2.45) is 17.4 Å². The van der Waals surface area contributed by atoms with Crippen LogP contribution in [0.2, 0.25) is 0 Å². The summed E-state index contributed by atoms with van der Waals surface area (Å²) in [5, 5.41) is 14.6. The van der Waals surface area contributed by atoms with E-state index in [2.05, 4.69) is 17.4 Å². The van der Waals surface area contributed by atoms with Crippen molar-refractivity contribution in [1.82, 2.24) is 16.3 Å². The molecule has 0 saturated heterocycles. The first-order chi connectivity index (χ1) is 5.93. The Balaban J connectivity index is 0. The van der Waals surface area contributed by atoms with Crippen LogP contribution in [0.3, 0.4) is 0 Å². The lowest BCUT2D eigenvalue weighted by molar-refractivity contribution is -0.525. The molecule has 76 valence electrons. The van der Waals surface area contributed by atoms with E-state index < -0.39 is 17.0 Å². The highest BCUT2D eigenvalue weighted by molar-refractivity contribution is 5.72. The first kappa shape index (κ1) is 13.4. The Morgan fingerprint density at radius 2 is 1.77 bits per heavy atom. The van der Waals surface area contributed by atoms with E-state index in [1.165, 1.54) is 5.43 Å².